The number of aliphatic imine (C=N–C) groups is 1. The van der Waals surface area contributed by atoms with E-state index < -0.39 is 0 Å². The Bertz CT molecular complexity index is 662. The lowest BCUT2D eigenvalue weighted by Crippen LogP contribution is -2.32. The zero-order chi connectivity index (χ0) is 14.1. The quantitative estimate of drug-likeness (QED) is 0.774. The number of hydrogen-bond acceptors (Lipinski definition) is 2. The monoisotopic (exact) mass is 284 g/mol. The van der Waals surface area contributed by atoms with Crippen molar-refractivity contribution in [2.24, 2.45) is 4.99 Å². The van der Waals surface area contributed by atoms with Crippen LogP contribution in [0.25, 0.3) is 0 Å². The summed E-state index contributed by atoms with van der Waals surface area (Å²) in [6.07, 6.45) is 0. The third-order valence-electron chi connectivity index (χ3n) is 3.71. The van der Waals surface area contributed by atoms with E-state index in [4.69, 9.17) is 16.6 Å². The number of benzene rings is 2. The molecular weight excluding hydrogens is 268 g/mol. The largest absolute Gasteiger partial charge is 0.366 e. The first-order chi connectivity index (χ1) is 9.68. The molecule has 0 saturated carbocycles. The van der Waals surface area contributed by atoms with Crippen LogP contribution in [0.3, 0.4) is 0 Å². The summed E-state index contributed by atoms with van der Waals surface area (Å²) >= 11 is 6.42. The molecule has 1 aliphatic rings. The molecule has 102 valence electrons. The molecular formula is C17H17ClN2. The van der Waals surface area contributed by atoms with E-state index in [2.05, 4.69) is 35.2 Å². The van der Waals surface area contributed by atoms with Crippen LogP contribution in [0.4, 0.5) is 0 Å². The van der Waals surface area contributed by atoms with Gasteiger partial charge in [-0.05, 0) is 22.8 Å². The predicted molar refractivity (Wildman–Crippen MR) is 84.6 cm³/mol. The third-order valence-corrected chi connectivity index (χ3v) is 4.05. The lowest BCUT2D eigenvalue weighted by atomic mass is 9.85. The van der Waals surface area contributed by atoms with Gasteiger partial charge in [-0.2, -0.15) is 0 Å². The summed E-state index contributed by atoms with van der Waals surface area (Å²) < 4.78 is 0. The summed E-state index contributed by atoms with van der Waals surface area (Å²) in [6, 6.07) is 16.5. The van der Waals surface area contributed by atoms with Crippen molar-refractivity contribution < 1.29 is 0 Å². The van der Waals surface area contributed by atoms with E-state index in [1.807, 2.05) is 32.3 Å². The van der Waals surface area contributed by atoms with Crippen LogP contribution in [-0.4, -0.2) is 24.8 Å². The fourth-order valence-corrected chi connectivity index (χ4v) is 3.02. The van der Waals surface area contributed by atoms with Gasteiger partial charge in [-0.25, -0.2) is 0 Å². The molecule has 2 nitrogen and oxygen atoms in total. The van der Waals surface area contributed by atoms with Crippen LogP contribution >= 0.6 is 11.6 Å². The minimum Gasteiger partial charge on any atom is -0.366 e. The van der Waals surface area contributed by atoms with Gasteiger partial charge in [-0.1, -0.05) is 54.1 Å². The molecule has 0 aromatic heterocycles. The van der Waals surface area contributed by atoms with Crippen molar-refractivity contribution in [2.45, 2.75) is 12.5 Å². The molecule has 1 unspecified atom stereocenters. The van der Waals surface area contributed by atoms with Crippen LogP contribution < -0.4 is 0 Å². The Morgan fingerprint density at radius 3 is 2.35 bits per heavy atom. The maximum atomic E-state index is 6.42. The Hall–Kier alpha value is -1.80. The second-order valence-corrected chi connectivity index (χ2v) is 5.63. The molecule has 0 N–H and O–H groups in total. The number of nitrogens with zero attached hydrogens (tertiary/aromatic N) is 2. The maximum Gasteiger partial charge on any atom is 0.111 e. The smallest absolute Gasteiger partial charge is 0.111 e. The minimum atomic E-state index is 0.114. The Labute approximate surface area is 124 Å². The van der Waals surface area contributed by atoms with Gasteiger partial charge in [0.25, 0.3) is 0 Å². The van der Waals surface area contributed by atoms with E-state index in [0.29, 0.717) is 0 Å². The average molecular weight is 285 g/mol. The number of rotatable bonds is 1. The molecule has 0 bridgehead atoms. The lowest BCUT2D eigenvalue weighted by molar-refractivity contribution is 0.586. The summed E-state index contributed by atoms with van der Waals surface area (Å²) in [7, 11) is 4.08. The molecule has 1 aliphatic heterocycles. The van der Waals surface area contributed by atoms with Crippen LogP contribution in [0.15, 0.2) is 53.5 Å². The molecule has 0 saturated heterocycles. The first kappa shape index (κ1) is 13.2. The predicted octanol–water partition coefficient (Wildman–Crippen LogP) is 3.95. The van der Waals surface area contributed by atoms with Gasteiger partial charge in [0.1, 0.15) is 5.84 Å². The summed E-state index contributed by atoms with van der Waals surface area (Å²) in [5.41, 5.74) is 3.70. The second kappa shape index (κ2) is 5.29. The van der Waals surface area contributed by atoms with Crippen LogP contribution in [0, 0.1) is 0 Å². The highest BCUT2D eigenvalue weighted by molar-refractivity contribution is 6.31. The number of amidine groups is 1. The van der Waals surface area contributed by atoms with Crippen molar-refractivity contribution >= 4 is 17.4 Å². The highest BCUT2D eigenvalue weighted by atomic mass is 35.5. The molecule has 3 rings (SSSR count). The number of halogens is 1. The normalized spacial score (nSPS) is 17.4. The Balaban J connectivity index is 2.19. The second-order valence-electron chi connectivity index (χ2n) is 5.22. The van der Waals surface area contributed by atoms with Crippen LogP contribution in [0.1, 0.15) is 22.6 Å². The summed E-state index contributed by atoms with van der Waals surface area (Å²) in [5, 5.41) is 0.795. The standard InChI is InChI=1S/C17H17ClN2/c1-20(2)17-16(14-9-5-6-10-15(14)18)13-8-4-3-7-12(13)11-19-17/h3-10,16H,11H2,1-2H3. The molecule has 2 aromatic carbocycles. The molecule has 0 fully saturated rings. The van der Waals surface area contributed by atoms with Gasteiger partial charge in [0.2, 0.25) is 0 Å². The molecule has 0 spiro atoms. The molecule has 0 aliphatic carbocycles. The fourth-order valence-electron chi connectivity index (χ4n) is 2.77. The Morgan fingerprint density at radius 2 is 1.65 bits per heavy atom. The number of hydrogen-bond donors (Lipinski definition) is 0. The van der Waals surface area contributed by atoms with Crippen LogP contribution in [-0.2, 0) is 6.54 Å². The van der Waals surface area contributed by atoms with Gasteiger partial charge < -0.3 is 4.90 Å². The Kier molecular flexibility index (Phi) is 3.49. The summed E-state index contributed by atoms with van der Waals surface area (Å²) in [4.78, 5) is 6.84. The van der Waals surface area contributed by atoms with Gasteiger partial charge in [0, 0.05) is 19.1 Å². The molecule has 20 heavy (non-hydrogen) atoms. The lowest BCUT2D eigenvalue weighted by Gasteiger charge is -2.31. The maximum absolute atomic E-state index is 6.42. The molecule has 0 amide bonds. The van der Waals surface area contributed by atoms with E-state index >= 15 is 0 Å². The SMILES string of the molecule is CN(C)C1=NCc2ccccc2C1c1ccccc1Cl. The van der Waals surface area contributed by atoms with Gasteiger partial charge in [0.05, 0.1) is 12.5 Å². The van der Waals surface area contributed by atoms with Gasteiger partial charge in [0.15, 0.2) is 0 Å². The molecule has 1 atom stereocenters. The first-order valence-corrected chi connectivity index (χ1v) is 7.10. The highest BCUT2D eigenvalue weighted by Crippen LogP contribution is 2.36. The number of fused-ring (bicyclic) bond motifs is 1. The van der Waals surface area contributed by atoms with E-state index in [1.165, 1.54) is 11.1 Å². The molecule has 1 heterocycles. The van der Waals surface area contributed by atoms with E-state index in [-0.39, 0.29) is 5.92 Å². The van der Waals surface area contributed by atoms with Gasteiger partial charge >= 0.3 is 0 Å². The fraction of sp³-hybridized carbons (Fsp3) is 0.235. The average Bonchev–Trinajstić information content (AvgIpc) is 2.46. The molecule has 3 heteroatoms. The van der Waals surface area contributed by atoms with E-state index in [1.54, 1.807) is 0 Å². The minimum absolute atomic E-state index is 0.114. The van der Waals surface area contributed by atoms with Crippen molar-refractivity contribution in [2.75, 3.05) is 14.1 Å². The van der Waals surface area contributed by atoms with Crippen molar-refractivity contribution in [3.8, 4) is 0 Å². The topological polar surface area (TPSA) is 15.6 Å². The molecule has 0 radical (unpaired) electrons. The first-order valence-electron chi connectivity index (χ1n) is 6.72. The summed E-state index contributed by atoms with van der Waals surface area (Å²) in [6.45, 7) is 0.741. The van der Waals surface area contributed by atoms with Crippen molar-refractivity contribution in [1.82, 2.24) is 4.90 Å². The zero-order valence-electron chi connectivity index (χ0n) is 11.7. The third kappa shape index (κ3) is 2.20. The molecule has 2 aromatic rings. The van der Waals surface area contributed by atoms with Crippen molar-refractivity contribution in [3.05, 3.63) is 70.2 Å². The summed E-state index contributed by atoms with van der Waals surface area (Å²) in [5.74, 6) is 1.18. The zero-order valence-corrected chi connectivity index (χ0v) is 12.4. The van der Waals surface area contributed by atoms with Gasteiger partial charge in [-0.3, -0.25) is 4.99 Å². The van der Waals surface area contributed by atoms with Crippen molar-refractivity contribution in [1.29, 1.82) is 0 Å². The van der Waals surface area contributed by atoms with Gasteiger partial charge in [-0.15, -0.1) is 0 Å². The van der Waals surface area contributed by atoms with E-state index in [0.717, 1.165) is 23.0 Å². The number of likely N-dealkylation sites (N-methyl/N-ethyl adjacent to an activating group) is 1. The van der Waals surface area contributed by atoms with Crippen LogP contribution in [0.5, 0.6) is 0 Å². The van der Waals surface area contributed by atoms with Crippen LogP contribution in [0.2, 0.25) is 5.02 Å². The van der Waals surface area contributed by atoms with Crippen molar-refractivity contribution in [3.63, 3.8) is 0 Å². The Morgan fingerprint density at radius 1 is 1.00 bits per heavy atom. The highest BCUT2D eigenvalue weighted by Gasteiger charge is 2.28. The van der Waals surface area contributed by atoms with E-state index in [9.17, 15) is 0 Å².